The van der Waals surface area contributed by atoms with Gasteiger partial charge in [-0.25, -0.2) is 0 Å². The average molecular weight is 237 g/mol. The van der Waals surface area contributed by atoms with E-state index in [0.717, 1.165) is 13.0 Å². The topological polar surface area (TPSA) is 44.5 Å². The van der Waals surface area contributed by atoms with Crippen molar-refractivity contribution in [1.82, 2.24) is 0 Å². The number of benzene rings is 1. The van der Waals surface area contributed by atoms with E-state index in [-0.39, 0.29) is 6.04 Å². The summed E-state index contributed by atoms with van der Waals surface area (Å²) < 4.78 is 10.5. The Morgan fingerprint density at radius 2 is 2.00 bits per heavy atom. The number of hydrogen-bond donors (Lipinski definition) is 1. The van der Waals surface area contributed by atoms with E-state index in [1.165, 1.54) is 16.7 Å². The summed E-state index contributed by atoms with van der Waals surface area (Å²) in [4.78, 5) is 0. The highest BCUT2D eigenvalue weighted by atomic mass is 16.5. The van der Waals surface area contributed by atoms with Crippen molar-refractivity contribution < 1.29 is 9.47 Å². The summed E-state index contributed by atoms with van der Waals surface area (Å²) in [5, 5.41) is 0. The predicted octanol–water partition coefficient (Wildman–Crippen LogP) is 2.36. The highest BCUT2D eigenvalue weighted by molar-refractivity contribution is 5.32. The van der Waals surface area contributed by atoms with Crippen LogP contribution in [0.4, 0.5) is 0 Å². The molecule has 0 aliphatic carbocycles. The molecule has 2 N–H and O–H groups in total. The quantitative estimate of drug-likeness (QED) is 0.740. The minimum atomic E-state index is -0.0440. The molecule has 0 saturated carbocycles. The third-order valence-electron chi connectivity index (χ3n) is 2.77. The fourth-order valence-corrected chi connectivity index (χ4v) is 1.76. The molecule has 0 aliphatic rings. The zero-order chi connectivity index (χ0) is 12.7. The van der Waals surface area contributed by atoms with Gasteiger partial charge in [0.1, 0.15) is 0 Å². The van der Waals surface area contributed by atoms with Gasteiger partial charge in [0.15, 0.2) is 0 Å². The molecule has 0 aromatic heterocycles. The van der Waals surface area contributed by atoms with E-state index in [2.05, 4.69) is 32.0 Å². The van der Waals surface area contributed by atoms with Crippen molar-refractivity contribution in [2.75, 3.05) is 26.9 Å². The van der Waals surface area contributed by atoms with Gasteiger partial charge in [0.05, 0.1) is 12.6 Å². The Bertz CT molecular complexity index is 339. The number of hydrogen-bond acceptors (Lipinski definition) is 3. The van der Waals surface area contributed by atoms with Crippen LogP contribution < -0.4 is 5.73 Å². The highest BCUT2D eigenvalue weighted by Crippen LogP contribution is 2.17. The van der Waals surface area contributed by atoms with Gasteiger partial charge in [0, 0.05) is 20.3 Å². The molecule has 3 nitrogen and oxygen atoms in total. The molecule has 3 heteroatoms. The molecule has 0 heterocycles. The van der Waals surface area contributed by atoms with Crippen LogP contribution in [-0.4, -0.2) is 26.9 Å². The molecule has 1 unspecified atom stereocenters. The lowest BCUT2D eigenvalue weighted by atomic mass is 10.00. The van der Waals surface area contributed by atoms with E-state index in [4.69, 9.17) is 15.2 Å². The van der Waals surface area contributed by atoms with E-state index in [0.29, 0.717) is 13.2 Å². The first kappa shape index (κ1) is 14.2. The van der Waals surface area contributed by atoms with Crippen molar-refractivity contribution in [1.29, 1.82) is 0 Å². The highest BCUT2D eigenvalue weighted by Gasteiger charge is 2.09. The van der Waals surface area contributed by atoms with Crippen LogP contribution in [0.15, 0.2) is 18.2 Å². The van der Waals surface area contributed by atoms with Crippen LogP contribution in [0.3, 0.4) is 0 Å². The molecule has 1 atom stereocenters. The molecule has 1 rings (SSSR count). The van der Waals surface area contributed by atoms with Crippen LogP contribution in [-0.2, 0) is 9.47 Å². The number of nitrogens with two attached hydrogens (primary N) is 1. The van der Waals surface area contributed by atoms with Gasteiger partial charge in [-0.1, -0.05) is 23.8 Å². The van der Waals surface area contributed by atoms with E-state index in [9.17, 15) is 0 Å². The Hall–Kier alpha value is -0.900. The summed E-state index contributed by atoms with van der Waals surface area (Å²) in [7, 11) is 1.70. The standard InChI is InChI=1S/C14H23NO2/c1-11-5-6-12(2)13(9-11)14(15)10-17-8-4-7-16-3/h5-6,9,14H,4,7-8,10,15H2,1-3H3. The molecule has 0 radical (unpaired) electrons. The average Bonchev–Trinajstić information content (AvgIpc) is 2.32. The van der Waals surface area contributed by atoms with Gasteiger partial charge < -0.3 is 15.2 Å². The van der Waals surface area contributed by atoms with Gasteiger partial charge >= 0.3 is 0 Å². The van der Waals surface area contributed by atoms with Crippen LogP contribution in [0.2, 0.25) is 0 Å². The minimum absolute atomic E-state index is 0.0440. The van der Waals surface area contributed by atoms with Gasteiger partial charge in [-0.05, 0) is 31.4 Å². The SMILES string of the molecule is COCCCOCC(N)c1cc(C)ccc1C. The third kappa shape index (κ3) is 4.86. The third-order valence-corrected chi connectivity index (χ3v) is 2.77. The van der Waals surface area contributed by atoms with Crippen molar-refractivity contribution in [3.63, 3.8) is 0 Å². The molecule has 0 bridgehead atoms. The fraction of sp³-hybridized carbons (Fsp3) is 0.571. The van der Waals surface area contributed by atoms with Crippen LogP contribution in [0.5, 0.6) is 0 Å². The number of methoxy groups -OCH3 is 1. The minimum Gasteiger partial charge on any atom is -0.385 e. The summed E-state index contributed by atoms with van der Waals surface area (Å²) in [6, 6.07) is 6.30. The Morgan fingerprint density at radius 3 is 2.71 bits per heavy atom. The molecule has 0 amide bonds. The van der Waals surface area contributed by atoms with Crippen LogP contribution in [0, 0.1) is 13.8 Å². The molecule has 96 valence electrons. The molecule has 0 aliphatic heterocycles. The maximum Gasteiger partial charge on any atom is 0.0659 e. The predicted molar refractivity (Wildman–Crippen MR) is 70.2 cm³/mol. The van der Waals surface area contributed by atoms with Crippen molar-refractivity contribution in [3.05, 3.63) is 34.9 Å². The zero-order valence-corrected chi connectivity index (χ0v) is 11.0. The van der Waals surface area contributed by atoms with Gasteiger partial charge in [-0.3, -0.25) is 0 Å². The maximum atomic E-state index is 6.12. The molecule has 0 saturated heterocycles. The summed E-state index contributed by atoms with van der Waals surface area (Å²) in [5.74, 6) is 0. The van der Waals surface area contributed by atoms with Crippen molar-refractivity contribution in [2.45, 2.75) is 26.3 Å². The van der Waals surface area contributed by atoms with Crippen molar-refractivity contribution >= 4 is 0 Å². The second kappa shape index (κ2) is 7.43. The monoisotopic (exact) mass is 237 g/mol. The summed E-state index contributed by atoms with van der Waals surface area (Å²) >= 11 is 0. The number of aryl methyl sites for hydroxylation is 2. The molecule has 17 heavy (non-hydrogen) atoms. The lowest BCUT2D eigenvalue weighted by molar-refractivity contribution is 0.0939. The maximum absolute atomic E-state index is 6.12. The summed E-state index contributed by atoms with van der Waals surface area (Å²) in [5.41, 5.74) is 9.76. The number of rotatable bonds is 7. The Kier molecular flexibility index (Phi) is 6.19. The molecule has 1 aromatic carbocycles. The molecule has 1 aromatic rings. The molecular formula is C14H23NO2. The molecule has 0 fully saturated rings. The Morgan fingerprint density at radius 1 is 1.24 bits per heavy atom. The van der Waals surface area contributed by atoms with Crippen LogP contribution in [0.1, 0.15) is 29.2 Å². The second-order valence-electron chi connectivity index (χ2n) is 4.39. The van der Waals surface area contributed by atoms with Gasteiger partial charge in [-0.15, -0.1) is 0 Å². The Balaban J connectivity index is 2.41. The second-order valence-corrected chi connectivity index (χ2v) is 4.39. The normalized spacial score (nSPS) is 12.7. The summed E-state index contributed by atoms with van der Waals surface area (Å²) in [6.07, 6.45) is 0.913. The zero-order valence-electron chi connectivity index (χ0n) is 11.0. The van der Waals surface area contributed by atoms with Gasteiger partial charge in [0.2, 0.25) is 0 Å². The summed E-state index contributed by atoms with van der Waals surface area (Å²) in [6.45, 7) is 6.16. The first-order chi connectivity index (χ1) is 8.15. The van der Waals surface area contributed by atoms with E-state index < -0.39 is 0 Å². The van der Waals surface area contributed by atoms with E-state index >= 15 is 0 Å². The van der Waals surface area contributed by atoms with Crippen molar-refractivity contribution in [2.24, 2.45) is 5.73 Å². The van der Waals surface area contributed by atoms with Crippen LogP contribution >= 0.6 is 0 Å². The smallest absolute Gasteiger partial charge is 0.0659 e. The lowest BCUT2D eigenvalue weighted by Crippen LogP contribution is -2.19. The lowest BCUT2D eigenvalue weighted by Gasteiger charge is -2.15. The largest absolute Gasteiger partial charge is 0.385 e. The van der Waals surface area contributed by atoms with Crippen LogP contribution in [0.25, 0.3) is 0 Å². The Labute approximate surface area is 104 Å². The fourth-order valence-electron chi connectivity index (χ4n) is 1.76. The molecule has 0 spiro atoms. The molecular weight excluding hydrogens is 214 g/mol. The van der Waals surface area contributed by atoms with Crippen molar-refractivity contribution in [3.8, 4) is 0 Å². The first-order valence-corrected chi connectivity index (χ1v) is 6.04. The van der Waals surface area contributed by atoms with E-state index in [1.54, 1.807) is 7.11 Å². The number of ether oxygens (including phenoxy) is 2. The van der Waals surface area contributed by atoms with Gasteiger partial charge in [0.25, 0.3) is 0 Å². The first-order valence-electron chi connectivity index (χ1n) is 6.04. The van der Waals surface area contributed by atoms with Gasteiger partial charge in [-0.2, -0.15) is 0 Å². The van der Waals surface area contributed by atoms with E-state index in [1.807, 2.05) is 0 Å².